The maximum Gasteiger partial charge on any atom is 0.328 e. The lowest BCUT2D eigenvalue weighted by Crippen LogP contribution is -2.01. The number of carboxylic acid groups (broad SMARTS) is 1. The highest BCUT2D eigenvalue weighted by Gasteiger charge is 2.11. The van der Waals surface area contributed by atoms with Gasteiger partial charge in [-0.15, -0.1) is 0 Å². The average molecular weight is 311 g/mol. The minimum Gasteiger partial charge on any atom is -0.478 e. The third-order valence-electron chi connectivity index (χ3n) is 2.75. The van der Waals surface area contributed by atoms with E-state index in [1.165, 1.54) is 6.08 Å². The Labute approximate surface area is 126 Å². The van der Waals surface area contributed by atoms with Gasteiger partial charge in [-0.1, -0.05) is 35.3 Å². The lowest BCUT2D eigenvalue weighted by Gasteiger charge is -2.03. The number of aliphatic carboxylic acids is 1. The summed E-state index contributed by atoms with van der Waals surface area (Å²) in [6.07, 6.45) is 2.49. The van der Waals surface area contributed by atoms with E-state index in [0.717, 1.165) is 11.6 Å². The molecule has 0 aliphatic heterocycles. The summed E-state index contributed by atoms with van der Waals surface area (Å²) in [5, 5.41) is 14.0. The topological polar surface area (TPSA) is 55.1 Å². The standard InChI is InChI=1S/C14H12Cl2N2O2/c1-9-12(6-7-13(19)20)14(16)18(17-9)8-10-2-4-11(15)5-3-10/h2-7H,8H2,1H3,(H,19,20). The van der Waals surface area contributed by atoms with Gasteiger partial charge >= 0.3 is 5.97 Å². The number of halogens is 2. The summed E-state index contributed by atoms with van der Waals surface area (Å²) < 4.78 is 1.63. The van der Waals surface area contributed by atoms with E-state index in [9.17, 15) is 4.79 Å². The fourth-order valence-electron chi connectivity index (χ4n) is 1.78. The predicted molar refractivity (Wildman–Crippen MR) is 79.2 cm³/mol. The van der Waals surface area contributed by atoms with Crippen LogP contribution in [-0.4, -0.2) is 20.9 Å². The molecule has 1 aromatic carbocycles. The summed E-state index contributed by atoms with van der Waals surface area (Å²) in [6, 6.07) is 7.38. The monoisotopic (exact) mass is 310 g/mol. The van der Waals surface area contributed by atoms with Gasteiger partial charge in [-0.3, -0.25) is 0 Å². The molecule has 6 heteroatoms. The van der Waals surface area contributed by atoms with Gasteiger partial charge in [-0.2, -0.15) is 5.10 Å². The SMILES string of the molecule is Cc1nn(Cc2ccc(Cl)cc2)c(Cl)c1C=CC(=O)O. The normalized spacial score (nSPS) is 11.2. The van der Waals surface area contributed by atoms with Crippen molar-refractivity contribution < 1.29 is 9.90 Å². The molecule has 0 bridgehead atoms. The van der Waals surface area contributed by atoms with Crippen molar-refractivity contribution in [2.24, 2.45) is 0 Å². The van der Waals surface area contributed by atoms with Crippen molar-refractivity contribution in [2.45, 2.75) is 13.5 Å². The molecule has 0 aliphatic carbocycles. The van der Waals surface area contributed by atoms with Gasteiger partial charge in [-0.25, -0.2) is 9.48 Å². The molecule has 2 rings (SSSR count). The molecule has 20 heavy (non-hydrogen) atoms. The molecule has 0 radical (unpaired) electrons. The number of aryl methyl sites for hydroxylation is 1. The van der Waals surface area contributed by atoms with Crippen molar-refractivity contribution in [3.05, 3.63) is 57.3 Å². The highest BCUT2D eigenvalue weighted by Crippen LogP contribution is 2.22. The number of benzene rings is 1. The molecule has 2 aromatic rings. The maximum atomic E-state index is 10.6. The number of rotatable bonds is 4. The molecule has 0 saturated carbocycles. The lowest BCUT2D eigenvalue weighted by molar-refractivity contribution is -0.131. The van der Waals surface area contributed by atoms with E-state index in [1.807, 2.05) is 12.1 Å². The van der Waals surface area contributed by atoms with Crippen molar-refractivity contribution in [1.29, 1.82) is 0 Å². The second kappa shape index (κ2) is 6.11. The Morgan fingerprint density at radius 2 is 2.00 bits per heavy atom. The van der Waals surface area contributed by atoms with E-state index in [1.54, 1.807) is 23.7 Å². The molecular weight excluding hydrogens is 299 g/mol. The fraction of sp³-hybridized carbons (Fsp3) is 0.143. The number of hydrogen-bond acceptors (Lipinski definition) is 2. The molecule has 0 unspecified atom stereocenters. The molecule has 0 atom stereocenters. The average Bonchev–Trinajstić information content (AvgIpc) is 2.65. The molecule has 0 aliphatic rings. The second-order valence-corrected chi connectivity index (χ2v) is 5.04. The zero-order valence-electron chi connectivity index (χ0n) is 10.7. The van der Waals surface area contributed by atoms with Gasteiger partial charge < -0.3 is 5.11 Å². The van der Waals surface area contributed by atoms with Crippen LogP contribution < -0.4 is 0 Å². The quantitative estimate of drug-likeness (QED) is 0.877. The van der Waals surface area contributed by atoms with Crippen LogP contribution in [0.4, 0.5) is 0 Å². The van der Waals surface area contributed by atoms with E-state index >= 15 is 0 Å². The van der Waals surface area contributed by atoms with Crippen molar-refractivity contribution in [2.75, 3.05) is 0 Å². The third kappa shape index (κ3) is 3.40. The van der Waals surface area contributed by atoms with E-state index in [0.29, 0.717) is 28.0 Å². The number of carbonyl (C=O) groups is 1. The van der Waals surface area contributed by atoms with Crippen LogP contribution in [0.15, 0.2) is 30.3 Å². The van der Waals surface area contributed by atoms with E-state index in [-0.39, 0.29) is 0 Å². The van der Waals surface area contributed by atoms with Crippen molar-refractivity contribution in [1.82, 2.24) is 9.78 Å². The molecule has 0 spiro atoms. The second-order valence-electron chi connectivity index (χ2n) is 4.25. The molecule has 1 N–H and O–H groups in total. The van der Waals surface area contributed by atoms with E-state index in [4.69, 9.17) is 28.3 Å². The van der Waals surface area contributed by atoms with Crippen LogP contribution in [0.3, 0.4) is 0 Å². The summed E-state index contributed by atoms with van der Waals surface area (Å²) in [5.41, 5.74) is 2.30. The third-order valence-corrected chi connectivity index (χ3v) is 3.40. The fourth-order valence-corrected chi connectivity index (χ4v) is 2.20. The molecule has 1 heterocycles. The van der Waals surface area contributed by atoms with Crippen molar-refractivity contribution in [3.8, 4) is 0 Å². The Hall–Kier alpha value is -1.78. The van der Waals surface area contributed by atoms with Gasteiger partial charge in [0.05, 0.1) is 12.2 Å². The van der Waals surface area contributed by atoms with Crippen molar-refractivity contribution >= 4 is 35.2 Å². The van der Waals surface area contributed by atoms with Gasteiger partial charge in [0.25, 0.3) is 0 Å². The van der Waals surface area contributed by atoms with Crippen LogP contribution in [0.2, 0.25) is 10.2 Å². The number of aromatic nitrogens is 2. The number of hydrogen-bond donors (Lipinski definition) is 1. The Balaban J connectivity index is 2.27. The molecule has 0 amide bonds. The summed E-state index contributed by atoms with van der Waals surface area (Å²) in [7, 11) is 0. The van der Waals surface area contributed by atoms with Crippen LogP contribution in [0.5, 0.6) is 0 Å². The van der Waals surface area contributed by atoms with E-state index < -0.39 is 5.97 Å². The Bertz CT molecular complexity index is 661. The Morgan fingerprint density at radius 1 is 1.35 bits per heavy atom. The van der Waals surface area contributed by atoms with E-state index in [2.05, 4.69) is 5.10 Å². The zero-order chi connectivity index (χ0) is 14.7. The maximum absolute atomic E-state index is 10.6. The largest absolute Gasteiger partial charge is 0.478 e. The van der Waals surface area contributed by atoms with Gasteiger partial charge in [0.15, 0.2) is 0 Å². The first-order valence-corrected chi connectivity index (χ1v) is 6.61. The summed E-state index contributed by atoms with van der Waals surface area (Å²) in [5.74, 6) is -1.02. The minimum atomic E-state index is -1.02. The lowest BCUT2D eigenvalue weighted by atomic mass is 10.2. The Morgan fingerprint density at radius 3 is 2.60 bits per heavy atom. The molecule has 4 nitrogen and oxygen atoms in total. The summed E-state index contributed by atoms with van der Waals surface area (Å²) in [6.45, 7) is 2.28. The molecular formula is C14H12Cl2N2O2. The molecule has 1 aromatic heterocycles. The summed E-state index contributed by atoms with van der Waals surface area (Å²) in [4.78, 5) is 10.6. The first-order chi connectivity index (χ1) is 9.47. The smallest absolute Gasteiger partial charge is 0.328 e. The number of nitrogens with zero attached hydrogens (tertiary/aromatic N) is 2. The van der Waals surface area contributed by atoms with Crippen LogP contribution in [-0.2, 0) is 11.3 Å². The number of carboxylic acids is 1. The predicted octanol–water partition coefficient (Wildman–Crippen LogP) is 3.64. The van der Waals surface area contributed by atoms with Crippen LogP contribution >= 0.6 is 23.2 Å². The van der Waals surface area contributed by atoms with Gasteiger partial charge in [0.1, 0.15) is 5.15 Å². The first-order valence-electron chi connectivity index (χ1n) is 5.85. The van der Waals surface area contributed by atoms with Gasteiger partial charge in [-0.05, 0) is 30.7 Å². The van der Waals surface area contributed by atoms with Crippen LogP contribution in [0.25, 0.3) is 6.08 Å². The molecule has 0 saturated heterocycles. The summed E-state index contributed by atoms with van der Waals surface area (Å²) >= 11 is 12.1. The van der Waals surface area contributed by atoms with Gasteiger partial charge in [0, 0.05) is 16.7 Å². The highest BCUT2D eigenvalue weighted by molar-refractivity contribution is 6.31. The van der Waals surface area contributed by atoms with Gasteiger partial charge in [0.2, 0.25) is 0 Å². The van der Waals surface area contributed by atoms with Crippen LogP contribution in [0, 0.1) is 6.92 Å². The molecule has 0 fully saturated rings. The Kier molecular flexibility index (Phi) is 4.47. The molecule has 104 valence electrons. The van der Waals surface area contributed by atoms with Crippen LogP contribution in [0.1, 0.15) is 16.8 Å². The van der Waals surface area contributed by atoms with Crippen molar-refractivity contribution in [3.63, 3.8) is 0 Å². The highest BCUT2D eigenvalue weighted by atomic mass is 35.5. The minimum absolute atomic E-state index is 0.412. The first kappa shape index (κ1) is 14.6. The zero-order valence-corrected chi connectivity index (χ0v) is 12.2.